The molecule has 0 fully saturated rings. The second-order valence-electron chi connectivity index (χ2n) is 7.24. The van der Waals surface area contributed by atoms with Crippen molar-refractivity contribution in [3.8, 4) is 0 Å². The number of aromatic nitrogens is 4. The van der Waals surface area contributed by atoms with E-state index in [1.807, 2.05) is 62.9 Å². The highest BCUT2D eigenvalue weighted by atomic mass is 16.2. The normalized spacial score (nSPS) is 14.8. The van der Waals surface area contributed by atoms with Gasteiger partial charge in [0.2, 0.25) is 11.9 Å². The minimum absolute atomic E-state index is 0.0650. The number of rotatable bonds is 4. The molecule has 0 saturated heterocycles. The zero-order valence-electron chi connectivity index (χ0n) is 16.4. The van der Waals surface area contributed by atoms with Crippen molar-refractivity contribution in [1.82, 2.24) is 24.6 Å². The topological polar surface area (TPSA) is 70.4 Å². The van der Waals surface area contributed by atoms with E-state index in [1.165, 1.54) is 0 Å². The quantitative estimate of drug-likeness (QED) is 0.820. The SMILES string of the molecule is Cc1cnn([C@@H](C)C(=O)N2CCc3c(nc(N(C)C)nc3N(C)C)C2)c1. The summed E-state index contributed by atoms with van der Waals surface area (Å²) in [7, 11) is 7.83. The standard InChI is InChI=1S/C18H27N7O/c1-12-9-19-25(10-12)13(2)17(26)24-8-7-14-15(11-24)20-18(23(5)6)21-16(14)22(3)4/h9-10,13H,7-8,11H2,1-6H3/t13-/m0/s1. The van der Waals surface area contributed by atoms with Gasteiger partial charge in [-0.25, -0.2) is 4.98 Å². The summed E-state index contributed by atoms with van der Waals surface area (Å²) in [6.07, 6.45) is 4.43. The number of hydrogen-bond donors (Lipinski definition) is 0. The van der Waals surface area contributed by atoms with Crippen molar-refractivity contribution < 1.29 is 4.79 Å². The van der Waals surface area contributed by atoms with Crippen LogP contribution in [0.5, 0.6) is 0 Å². The molecule has 2 aromatic heterocycles. The Morgan fingerprint density at radius 1 is 1.19 bits per heavy atom. The van der Waals surface area contributed by atoms with E-state index in [1.54, 1.807) is 10.9 Å². The van der Waals surface area contributed by atoms with Crippen molar-refractivity contribution in [2.45, 2.75) is 32.9 Å². The number of aryl methyl sites for hydroxylation is 1. The minimum Gasteiger partial charge on any atom is -0.362 e. The van der Waals surface area contributed by atoms with Crippen molar-refractivity contribution in [2.75, 3.05) is 44.5 Å². The van der Waals surface area contributed by atoms with Crippen LogP contribution in [0.2, 0.25) is 0 Å². The highest BCUT2D eigenvalue weighted by Crippen LogP contribution is 2.28. The zero-order chi connectivity index (χ0) is 19.0. The molecule has 0 aliphatic carbocycles. The fraction of sp³-hybridized carbons (Fsp3) is 0.556. The van der Waals surface area contributed by atoms with Gasteiger partial charge in [-0.2, -0.15) is 10.1 Å². The first kappa shape index (κ1) is 18.2. The van der Waals surface area contributed by atoms with Gasteiger partial charge in [-0.3, -0.25) is 9.48 Å². The van der Waals surface area contributed by atoms with Crippen LogP contribution in [0, 0.1) is 6.92 Å². The molecular weight excluding hydrogens is 330 g/mol. The molecule has 8 nitrogen and oxygen atoms in total. The first-order chi connectivity index (χ1) is 12.3. The molecule has 0 N–H and O–H groups in total. The lowest BCUT2D eigenvalue weighted by Gasteiger charge is -2.32. The van der Waals surface area contributed by atoms with Gasteiger partial charge < -0.3 is 14.7 Å². The lowest BCUT2D eigenvalue weighted by Crippen LogP contribution is -2.41. The number of anilines is 2. The molecule has 0 saturated carbocycles. The summed E-state index contributed by atoms with van der Waals surface area (Å²) in [5.41, 5.74) is 3.11. The van der Waals surface area contributed by atoms with Crippen molar-refractivity contribution in [3.05, 3.63) is 29.2 Å². The van der Waals surface area contributed by atoms with Crippen molar-refractivity contribution in [1.29, 1.82) is 0 Å². The van der Waals surface area contributed by atoms with Gasteiger partial charge in [-0.1, -0.05) is 0 Å². The first-order valence-corrected chi connectivity index (χ1v) is 8.82. The van der Waals surface area contributed by atoms with Crippen LogP contribution < -0.4 is 9.80 Å². The van der Waals surface area contributed by atoms with Crippen LogP contribution in [0.15, 0.2) is 12.4 Å². The van der Waals surface area contributed by atoms with E-state index in [-0.39, 0.29) is 11.9 Å². The Morgan fingerprint density at radius 3 is 2.50 bits per heavy atom. The van der Waals surface area contributed by atoms with Gasteiger partial charge in [0.05, 0.1) is 18.4 Å². The molecule has 3 rings (SSSR count). The van der Waals surface area contributed by atoms with Crippen LogP contribution in [0.1, 0.15) is 29.8 Å². The predicted molar refractivity (Wildman–Crippen MR) is 101 cm³/mol. The fourth-order valence-corrected chi connectivity index (χ4v) is 3.18. The molecule has 3 heterocycles. The number of fused-ring (bicyclic) bond motifs is 1. The maximum Gasteiger partial charge on any atom is 0.247 e. The van der Waals surface area contributed by atoms with Gasteiger partial charge >= 0.3 is 0 Å². The van der Waals surface area contributed by atoms with E-state index < -0.39 is 0 Å². The minimum atomic E-state index is -0.325. The summed E-state index contributed by atoms with van der Waals surface area (Å²) in [5, 5.41) is 4.28. The highest BCUT2D eigenvalue weighted by molar-refractivity contribution is 5.80. The van der Waals surface area contributed by atoms with Crippen molar-refractivity contribution in [2.24, 2.45) is 0 Å². The Kier molecular flexibility index (Phi) is 4.84. The summed E-state index contributed by atoms with van der Waals surface area (Å²) < 4.78 is 1.73. The molecule has 1 aliphatic rings. The Morgan fingerprint density at radius 2 is 1.92 bits per heavy atom. The molecule has 0 spiro atoms. The summed E-state index contributed by atoms with van der Waals surface area (Å²) in [4.78, 5) is 28.1. The largest absolute Gasteiger partial charge is 0.362 e. The molecule has 0 bridgehead atoms. The molecule has 140 valence electrons. The van der Waals surface area contributed by atoms with Crippen LogP contribution in [0.4, 0.5) is 11.8 Å². The van der Waals surface area contributed by atoms with Gasteiger partial charge in [0.15, 0.2) is 0 Å². The second kappa shape index (κ2) is 6.93. The number of nitrogens with zero attached hydrogens (tertiary/aromatic N) is 7. The third-order valence-corrected chi connectivity index (χ3v) is 4.65. The maximum atomic E-state index is 13.0. The van der Waals surface area contributed by atoms with E-state index in [2.05, 4.69) is 10.1 Å². The molecular formula is C18H27N7O. The van der Waals surface area contributed by atoms with Gasteiger partial charge in [0, 0.05) is 46.5 Å². The first-order valence-electron chi connectivity index (χ1n) is 8.82. The smallest absolute Gasteiger partial charge is 0.247 e. The van der Waals surface area contributed by atoms with Crippen LogP contribution in [-0.2, 0) is 17.8 Å². The van der Waals surface area contributed by atoms with E-state index in [0.717, 1.165) is 29.1 Å². The van der Waals surface area contributed by atoms with Crippen molar-refractivity contribution in [3.63, 3.8) is 0 Å². The van der Waals surface area contributed by atoms with E-state index >= 15 is 0 Å². The summed E-state index contributed by atoms with van der Waals surface area (Å²) in [5.74, 6) is 1.66. The van der Waals surface area contributed by atoms with E-state index in [4.69, 9.17) is 4.98 Å². The lowest BCUT2D eigenvalue weighted by atomic mass is 10.0. The number of carbonyl (C=O) groups excluding carboxylic acids is 1. The van der Waals surface area contributed by atoms with Gasteiger partial charge in [-0.15, -0.1) is 0 Å². The molecule has 1 aliphatic heterocycles. The maximum absolute atomic E-state index is 13.0. The zero-order valence-corrected chi connectivity index (χ0v) is 16.4. The van der Waals surface area contributed by atoms with Crippen LogP contribution in [-0.4, -0.2) is 65.3 Å². The van der Waals surface area contributed by atoms with Gasteiger partial charge in [0.25, 0.3) is 0 Å². The summed E-state index contributed by atoms with van der Waals surface area (Å²) in [6, 6.07) is -0.325. The Hall–Kier alpha value is -2.64. The summed E-state index contributed by atoms with van der Waals surface area (Å²) in [6.45, 7) is 5.03. The Labute approximate surface area is 154 Å². The van der Waals surface area contributed by atoms with Crippen molar-refractivity contribution >= 4 is 17.7 Å². The van der Waals surface area contributed by atoms with Crippen LogP contribution in [0.25, 0.3) is 0 Å². The van der Waals surface area contributed by atoms with Crippen LogP contribution in [0.3, 0.4) is 0 Å². The number of amides is 1. The third kappa shape index (κ3) is 3.36. The molecule has 0 unspecified atom stereocenters. The lowest BCUT2D eigenvalue weighted by molar-refractivity contribution is -0.135. The average molecular weight is 357 g/mol. The molecule has 1 amide bonds. The summed E-state index contributed by atoms with van der Waals surface area (Å²) >= 11 is 0. The van der Waals surface area contributed by atoms with Gasteiger partial charge in [0.1, 0.15) is 11.9 Å². The predicted octanol–water partition coefficient (Wildman–Crippen LogP) is 1.26. The Bertz CT molecular complexity index is 812. The fourth-order valence-electron chi connectivity index (χ4n) is 3.18. The molecule has 8 heteroatoms. The molecule has 2 aromatic rings. The van der Waals surface area contributed by atoms with Gasteiger partial charge in [-0.05, 0) is 25.8 Å². The number of carbonyl (C=O) groups is 1. The third-order valence-electron chi connectivity index (χ3n) is 4.65. The molecule has 0 radical (unpaired) electrons. The van der Waals surface area contributed by atoms with E-state index in [9.17, 15) is 4.79 Å². The molecule has 0 aromatic carbocycles. The highest BCUT2D eigenvalue weighted by Gasteiger charge is 2.29. The molecule has 26 heavy (non-hydrogen) atoms. The molecule has 1 atom stereocenters. The number of hydrogen-bond acceptors (Lipinski definition) is 6. The average Bonchev–Trinajstić information content (AvgIpc) is 3.05. The Balaban J connectivity index is 1.87. The van der Waals surface area contributed by atoms with Crippen LogP contribution >= 0.6 is 0 Å². The van der Waals surface area contributed by atoms with E-state index in [0.29, 0.717) is 19.0 Å². The monoisotopic (exact) mass is 357 g/mol. The second-order valence-corrected chi connectivity index (χ2v) is 7.24.